The van der Waals surface area contributed by atoms with Gasteiger partial charge in [0.2, 0.25) is 0 Å². The Kier molecular flexibility index (Phi) is 3.47. The van der Waals surface area contributed by atoms with Crippen LogP contribution in [0.25, 0.3) is 11.0 Å². The first-order valence-corrected chi connectivity index (χ1v) is 5.57. The van der Waals surface area contributed by atoms with Crippen molar-refractivity contribution in [2.45, 2.75) is 13.1 Å². The van der Waals surface area contributed by atoms with Crippen LogP contribution < -0.4 is 0 Å². The molecule has 2 aromatic heterocycles. The molecule has 0 spiro atoms. The van der Waals surface area contributed by atoms with Gasteiger partial charge in [0, 0.05) is 6.20 Å². The molecule has 1 N–H and O–H groups in total. The maximum Gasteiger partial charge on any atom is 0.433 e. The summed E-state index contributed by atoms with van der Waals surface area (Å²) < 4.78 is 42.2. The summed E-state index contributed by atoms with van der Waals surface area (Å²) in [5, 5.41) is 9.83. The Labute approximate surface area is 111 Å². The number of aromatic nitrogens is 2. The van der Waals surface area contributed by atoms with Crippen molar-refractivity contribution < 1.29 is 27.8 Å². The first-order chi connectivity index (χ1) is 9.34. The van der Waals surface area contributed by atoms with E-state index in [1.165, 1.54) is 0 Å². The Bertz CT molecular complexity index is 671. The number of rotatable bonds is 2. The lowest BCUT2D eigenvalue weighted by molar-refractivity contribution is -0.141. The summed E-state index contributed by atoms with van der Waals surface area (Å²) in [5.74, 6) is -1.31. The van der Waals surface area contributed by atoms with Crippen molar-refractivity contribution in [1.29, 1.82) is 0 Å². The minimum atomic E-state index is -4.61. The van der Waals surface area contributed by atoms with Gasteiger partial charge in [-0.1, -0.05) is 0 Å². The number of nitrogens with zero attached hydrogens (tertiary/aromatic N) is 2. The highest BCUT2D eigenvalue weighted by molar-refractivity contribution is 5.98. The van der Waals surface area contributed by atoms with Crippen molar-refractivity contribution in [2.75, 3.05) is 6.61 Å². The number of carbonyl (C=O) groups is 1. The van der Waals surface area contributed by atoms with Crippen LogP contribution in [0, 0.1) is 0 Å². The summed E-state index contributed by atoms with van der Waals surface area (Å²) in [6.45, 7) is 1.68. The van der Waals surface area contributed by atoms with Gasteiger partial charge in [-0.25, -0.2) is 14.8 Å². The number of ether oxygens (including phenoxy) is 1. The van der Waals surface area contributed by atoms with Crippen LogP contribution >= 0.6 is 0 Å². The number of aromatic hydroxyl groups is 1. The fourth-order valence-corrected chi connectivity index (χ4v) is 1.58. The summed E-state index contributed by atoms with van der Waals surface area (Å²) in [6.07, 6.45) is -3.67. The molecule has 2 rings (SSSR count). The van der Waals surface area contributed by atoms with Gasteiger partial charge >= 0.3 is 12.1 Å². The topological polar surface area (TPSA) is 72.3 Å². The first kappa shape index (κ1) is 14.0. The van der Waals surface area contributed by atoms with Gasteiger partial charge in [0.1, 0.15) is 17.0 Å². The highest BCUT2D eigenvalue weighted by atomic mass is 19.4. The van der Waals surface area contributed by atoms with E-state index in [-0.39, 0.29) is 23.2 Å². The zero-order chi connectivity index (χ0) is 14.9. The molecular weight excluding hydrogens is 277 g/mol. The summed E-state index contributed by atoms with van der Waals surface area (Å²) >= 11 is 0. The Morgan fingerprint density at radius 3 is 2.70 bits per heavy atom. The lowest BCUT2D eigenvalue weighted by Gasteiger charge is -2.09. The van der Waals surface area contributed by atoms with E-state index in [9.17, 15) is 23.1 Å². The molecule has 0 unspecified atom stereocenters. The van der Waals surface area contributed by atoms with Gasteiger partial charge in [0.15, 0.2) is 5.65 Å². The highest BCUT2D eigenvalue weighted by Gasteiger charge is 2.33. The van der Waals surface area contributed by atoms with Crippen molar-refractivity contribution in [3.63, 3.8) is 0 Å². The Balaban J connectivity index is 2.55. The quantitative estimate of drug-likeness (QED) is 0.859. The van der Waals surface area contributed by atoms with Crippen molar-refractivity contribution in [2.24, 2.45) is 0 Å². The third-order valence-corrected chi connectivity index (χ3v) is 2.49. The smallest absolute Gasteiger partial charge is 0.433 e. The van der Waals surface area contributed by atoms with Gasteiger partial charge < -0.3 is 9.84 Å². The lowest BCUT2D eigenvalue weighted by Crippen LogP contribution is -2.09. The molecule has 0 atom stereocenters. The molecule has 0 aliphatic rings. The van der Waals surface area contributed by atoms with Crippen LogP contribution in [-0.4, -0.2) is 27.7 Å². The molecule has 0 aliphatic carbocycles. The maximum atomic E-state index is 12.5. The van der Waals surface area contributed by atoms with Crippen LogP contribution in [0.3, 0.4) is 0 Å². The normalized spacial score (nSPS) is 11.6. The molecule has 0 saturated heterocycles. The number of alkyl halides is 3. The number of pyridine rings is 2. The number of halogens is 3. The SMILES string of the molecule is CCOC(=O)c1cnc2nc(C(F)(F)F)ccc2c1O. The Morgan fingerprint density at radius 1 is 1.40 bits per heavy atom. The number of hydrogen-bond donors (Lipinski definition) is 1. The molecule has 8 heteroatoms. The van der Waals surface area contributed by atoms with Crippen molar-refractivity contribution >= 4 is 17.0 Å². The maximum absolute atomic E-state index is 12.5. The summed E-state index contributed by atoms with van der Waals surface area (Å²) in [5.41, 5.74) is -1.65. The lowest BCUT2D eigenvalue weighted by atomic mass is 10.1. The molecule has 5 nitrogen and oxygen atoms in total. The number of esters is 1. The fourth-order valence-electron chi connectivity index (χ4n) is 1.58. The van der Waals surface area contributed by atoms with Gasteiger partial charge in [0.25, 0.3) is 0 Å². The van der Waals surface area contributed by atoms with Crippen LogP contribution in [0.4, 0.5) is 13.2 Å². The fraction of sp³-hybridized carbons (Fsp3) is 0.250. The van der Waals surface area contributed by atoms with Crippen molar-refractivity contribution in [3.8, 4) is 5.75 Å². The molecule has 0 saturated carbocycles. The van der Waals surface area contributed by atoms with Crippen LogP contribution in [0.5, 0.6) is 5.75 Å². The van der Waals surface area contributed by atoms with E-state index >= 15 is 0 Å². The van der Waals surface area contributed by atoms with E-state index in [1.54, 1.807) is 6.92 Å². The van der Waals surface area contributed by atoms with Gasteiger partial charge in [-0.2, -0.15) is 13.2 Å². The molecule has 0 fully saturated rings. The second kappa shape index (κ2) is 4.95. The predicted octanol–water partition coefficient (Wildman–Crippen LogP) is 2.53. The molecule has 0 aliphatic heterocycles. The molecule has 0 amide bonds. The second-order valence-corrected chi connectivity index (χ2v) is 3.81. The molecular formula is C12H9F3N2O3. The van der Waals surface area contributed by atoms with E-state index in [0.717, 1.165) is 12.3 Å². The largest absolute Gasteiger partial charge is 0.506 e. The minimum absolute atomic E-state index is 0.0523. The van der Waals surface area contributed by atoms with E-state index in [0.29, 0.717) is 6.07 Å². The van der Waals surface area contributed by atoms with Crippen molar-refractivity contribution in [1.82, 2.24) is 9.97 Å². The Hall–Kier alpha value is -2.38. The van der Waals surface area contributed by atoms with Crippen LogP contribution in [0.2, 0.25) is 0 Å². The van der Waals surface area contributed by atoms with E-state index in [1.807, 2.05) is 0 Å². The first-order valence-electron chi connectivity index (χ1n) is 5.57. The zero-order valence-electron chi connectivity index (χ0n) is 10.2. The highest BCUT2D eigenvalue weighted by Crippen LogP contribution is 2.32. The second-order valence-electron chi connectivity index (χ2n) is 3.81. The third-order valence-electron chi connectivity index (χ3n) is 2.49. The molecule has 0 radical (unpaired) electrons. The van der Waals surface area contributed by atoms with Crippen LogP contribution in [-0.2, 0) is 10.9 Å². The van der Waals surface area contributed by atoms with Crippen molar-refractivity contribution in [3.05, 3.63) is 29.6 Å². The zero-order valence-corrected chi connectivity index (χ0v) is 10.2. The molecule has 0 bridgehead atoms. The Morgan fingerprint density at radius 2 is 2.10 bits per heavy atom. The number of hydrogen-bond acceptors (Lipinski definition) is 5. The van der Waals surface area contributed by atoms with E-state index < -0.39 is 23.6 Å². The van der Waals surface area contributed by atoms with Crippen LogP contribution in [0.15, 0.2) is 18.3 Å². The molecule has 2 heterocycles. The van der Waals surface area contributed by atoms with Gasteiger partial charge in [-0.3, -0.25) is 0 Å². The van der Waals surface area contributed by atoms with Gasteiger partial charge in [0.05, 0.1) is 12.0 Å². The molecule has 2 aromatic rings. The standard InChI is InChI=1S/C12H9F3N2O3/c1-2-20-11(19)7-5-16-10-6(9(7)18)3-4-8(17-10)12(13,14)15/h3-5H,2H2,1H3,(H,16,17,18). The third kappa shape index (κ3) is 2.49. The average Bonchev–Trinajstić information content (AvgIpc) is 2.38. The average molecular weight is 286 g/mol. The summed E-state index contributed by atoms with van der Waals surface area (Å²) in [4.78, 5) is 18.5. The molecule has 106 valence electrons. The molecule has 20 heavy (non-hydrogen) atoms. The predicted molar refractivity (Wildman–Crippen MR) is 62.2 cm³/mol. The van der Waals surface area contributed by atoms with Crippen LogP contribution in [0.1, 0.15) is 23.0 Å². The van der Waals surface area contributed by atoms with Gasteiger partial charge in [-0.05, 0) is 19.1 Å². The number of carbonyl (C=O) groups excluding carboxylic acids is 1. The van der Waals surface area contributed by atoms with E-state index in [2.05, 4.69) is 9.97 Å². The van der Waals surface area contributed by atoms with Gasteiger partial charge in [-0.15, -0.1) is 0 Å². The summed E-state index contributed by atoms with van der Waals surface area (Å²) in [6, 6.07) is 1.72. The minimum Gasteiger partial charge on any atom is -0.506 e. The monoisotopic (exact) mass is 286 g/mol. The number of fused-ring (bicyclic) bond motifs is 1. The summed E-state index contributed by atoms with van der Waals surface area (Å²) in [7, 11) is 0. The molecule has 0 aromatic carbocycles. The van der Waals surface area contributed by atoms with E-state index in [4.69, 9.17) is 4.74 Å².